The zero-order valence-electron chi connectivity index (χ0n) is 11.2. The van der Waals surface area contributed by atoms with Crippen LogP contribution in [0, 0.1) is 0 Å². The first-order valence-electron chi connectivity index (χ1n) is 5.98. The van der Waals surface area contributed by atoms with Gasteiger partial charge in [0.2, 0.25) is 0 Å². The summed E-state index contributed by atoms with van der Waals surface area (Å²) in [7, 11) is 2.96. The van der Waals surface area contributed by atoms with E-state index in [9.17, 15) is 4.79 Å². The van der Waals surface area contributed by atoms with E-state index in [-0.39, 0.29) is 11.9 Å². The predicted molar refractivity (Wildman–Crippen MR) is 74.0 cm³/mol. The fourth-order valence-electron chi connectivity index (χ4n) is 1.79. The van der Waals surface area contributed by atoms with Crippen LogP contribution in [0.15, 0.2) is 35.4 Å². The maximum Gasteiger partial charge on any atom is 0.313 e. The monoisotopic (exact) mass is 264 g/mol. The second-order valence-corrected chi connectivity index (χ2v) is 4.19. The van der Waals surface area contributed by atoms with Crippen molar-refractivity contribution in [1.82, 2.24) is 5.12 Å². The number of ether oxygens (including phenoxy) is 1. The van der Waals surface area contributed by atoms with E-state index in [0.717, 1.165) is 10.7 Å². The van der Waals surface area contributed by atoms with Crippen LogP contribution < -0.4 is 11.6 Å². The van der Waals surface area contributed by atoms with Crippen LogP contribution in [0.5, 0.6) is 0 Å². The Morgan fingerprint density at radius 2 is 2.05 bits per heavy atom. The lowest BCUT2D eigenvalue weighted by atomic mass is 9.94. The summed E-state index contributed by atoms with van der Waals surface area (Å²) in [5.41, 5.74) is 6.62. The lowest BCUT2D eigenvalue weighted by Crippen LogP contribution is -2.26. The van der Waals surface area contributed by atoms with E-state index in [1.54, 1.807) is 7.05 Å². The molecule has 0 aliphatic rings. The highest BCUT2D eigenvalue weighted by atomic mass is 16.5. The van der Waals surface area contributed by atoms with Crippen molar-refractivity contribution < 1.29 is 9.53 Å². The third-order valence-electron chi connectivity index (χ3n) is 2.66. The average molecular weight is 264 g/mol. The molecule has 1 aromatic rings. The van der Waals surface area contributed by atoms with E-state index in [1.807, 2.05) is 30.3 Å². The number of amidine groups is 1. The van der Waals surface area contributed by atoms with Gasteiger partial charge in [0.15, 0.2) is 0 Å². The van der Waals surface area contributed by atoms with Gasteiger partial charge in [0, 0.05) is 13.5 Å². The van der Waals surface area contributed by atoms with Crippen LogP contribution in [-0.4, -0.2) is 31.1 Å². The first kappa shape index (κ1) is 15.0. The third-order valence-corrected chi connectivity index (χ3v) is 2.66. The molecule has 0 spiro atoms. The van der Waals surface area contributed by atoms with Crippen LogP contribution in [0.2, 0.25) is 0 Å². The van der Waals surface area contributed by atoms with Crippen molar-refractivity contribution in [2.45, 2.75) is 18.8 Å². The Labute approximate surface area is 113 Å². The van der Waals surface area contributed by atoms with Crippen LogP contribution >= 0.6 is 0 Å². The molecule has 0 saturated carbocycles. The van der Waals surface area contributed by atoms with Crippen molar-refractivity contribution in [3.8, 4) is 0 Å². The summed E-state index contributed by atoms with van der Waals surface area (Å²) < 4.78 is 4.83. The number of esters is 1. The summed E-state index contributed by atoms with van der Waals surface area (Å²) in [4.78, 5) is 11.8. The molecular formula is C13H20N4O2. The molecule has 0 aromatic heterocycles. The zero-order valence-corrected chi connectivity index (χ0v) is 11.2. The van der Waals surface area contributed by atoms with Crippen molar-refractivity contribution in [2.24, 2.45) is 16.7 Å². The number of hydrazone groups is 1. The van der Waals surface area contributed by atoms with Gasteiger partial charge in [-0.05, 0) is 12.0 Å². The minimum atomic E-state index is -0.344. The van der Waals surface area contributed by atoms with Gasteiger partial charge in [-0.3, -0.25) is 4.79 Å². The van der Waals surface area contributed by atoms with Gasteiger partial charge in [0.05, 0.1) is 13.0 Å². The Balaban J connectivity index is 2.75. The van der Waals surface area contributed by atoms with Crippen LogP contribution in [0.1, 0.15) is 24.3 Å². The van der Waals surface area contributed by atoms with Crippen LogP contribution in [0.4, 0.5) is 0 Å². The molecule has 19 heavy (non-hydrogen) atoms. The summed E-state index contributed by atoms with van der Waals surface area (Å²) in [6.45, 7) is 0. The molecular weight excluding hydrogens is 244 g/mol. The van der Waals surface area contributed by atoms with Gasteiger partial charge in [0.25, 0.3) is 0 Å². The number of carbonyl (C=O) groups is 1. The lowest BCUT2D eigenvalue weighted by Gasteiger charge is -2.15. The first-order chi connectivity index (χ1) is 9.04. The molecule has 1 aromatic carbocycles. The summed E-state index contributed by atoms with van der Waals surface area (Å²) in [5, 5.41) is 5.03. The quantitative estimate of drug-likeness (QED) is 0.260. The Bertz CT molecular complexity index is 432. The van der Waals surface area contributed by atoms with E-state index < -0.39 is 0 Å². The number of rotatable bonds is 6. The van der Waals surface area contributed by atoms with Crippen LogP contribution in [0.25, 0.3) is 0 Å². The largest absolute Gasteiger partial charge is 0.469 e. The molecule has 4 N–H and O–H groups in total. The molecule has 104 valence electrons. The second kappa shape index (κ2) is 7.38. The summed E-state index contributed by atoms with van der Waals surface area (Å²) in [6.07, 6.45) is 0.996. The third kappa shape index (κ3) is 4.97. The molecule has 0 heterocycles. The van der Waals surface area contributed by atoms with Crippen molar-refractivity contribution in [2.75, 3.05) is 14.2 Å². The van der Waals surface area contributed by atoms with Gasteiger partial charge in [-0.1, -0.05) is 30.3 Å². The standard InChI is InChI=1S/C13H20N4O2/c1-17(15)16-12(14)9-8-11(13(18)19-2)10-6-4-3-5-7-10/h3-7,11H,8-9,15H2,1-2H3,(H2,14,16). The van der Waals surface area contributed by atoms with E-state index in [1.165, 1.54) is 7.11 Å². The maximum atomic E-state index is 11.8. The van der Waals surface area contributed by atoms with E-state index in [0.29, 0.717) is 18.7 Å². The normalized spacial score (nSPS) is 12.9. The molecule has 0 aliphatic heterocycles. The molecule has 6 nitrogen and oxygen atoms in total. The lowest BCUT2D eigenvalue weighted by molar-refractivity contribution is -0.142. The minimum Gasteiger partial charge on any atom is -0.469 e. The molecule has 0 bridgehead atoms. The fraction of sp³-hybridized carbons (Fsp3) is 0.385. The van der Waals surface area contributed by atoms with Gasteiger partial charge in [0.1, 0.15) is 5.84 Å². The zero-order chi connectivity index (χ0) is 14.3. The van der Waals surface area contributed by atoms with Gasteiger partial charge in [-0.15, -0.1) is 5.10 Å². The van der Waals surface area contributed by atoms with E-state index >= 15 is 0 Å². The van der Waals surface area contributed by atoms with Crippen molar-refractivity contribution >= 4 is 11.8 Å². The number of benzene rings is 1. The molecule has 0 amide bonds. The molecule has 0 radical (unpaired) electrons. The number of carbonyl (C=O) groups excluding carboxylic acids is 1. The number of hydrogen-bond donors (Lipinski definition) is 2. The number of hydrazine groups is 1. The van der Waals surface area contributed by atoms with Gasteiger partial charge >= 0.3 is 5.97 Å². The molecule has 6 heteroatoms. The van der Waals surface area contributed by atoms with Crippen molar-refractivity contribution in [3.63, 3.8) is 0 Å². The Hall–Kier alpha value is -2.08. The van der Waals surface area contributed by atoms with E-state index in [2.05, 4.69) is 5.10 Å². The number of hydrogen-bond acceptors (Lipinski definition) is 5. The topological polar surface area (TPSA) is 93.9 Å². The van der Waals surface area contributed by atoms with Crippen LogP contribution in [-0.2, 0) is 9.53 Å². The average Bonchev–Trinajstić information content (AvgIpc) is 2.39. The van der Waals surface area contributed by atoms with Crippen molar-refractivity contribution in [3.05, 3.63) is 35.9 Å². The summed E-state index contributed by atoms with van der Waals surface area (Å²) >= 11 is 0. The maximum absolute atomic E-state index is 11.8. The SMILES string of the molecule is COC(=O)C(CC/C(N)=N/N(C)N)c1ccccc1. The molecule has 1 rings (SSSR count). The van der Waals surface area contributed by atoms with Gasteiger partial charge < -0.3 is 10.5 Å². The van der Waals surface area contributed by atoms with Gasteiger partial charge in [-0.25, -0.2) is 11.0 Å². The Morgan fingerprint density at radius 1 is 1.42 bits per heavy atom. The Kier molecular flexibility index (Phi) is 5.81. The predicted octanol–water partition coefficient (Wildman–Crippen LogP) is 0.801. The smallest absolute Gasteiger partial charge is 0.313 e. The molecule has 0 aliphatic carbocycles. The van der Waals surface area contributed by atoms with Gasteiger partial charge in [-0.2, -0.15) is 0 Å². The van der Waals surface area contributed by atoms with Crippen LogP contribution in [0.3, 0.4) is 0 Å². The highest BCUT2D eigenvalue weighted by Crippen LogP contribution is 2.22. The molecule has 0 fully saturated rings. The molecule has 0 saturated heterocycles. The summed E-state index contributed by atoms with van der Waals surface area (Å²) in [5.74, 6) is 5.13. The van der Waals surface area contributed by atoms with E-state index in [4.69, 9.17) is 16.3 Å². The fourth-order valence-corrected chi connectivity index (χ4v) is 1.79. The first-order valence-corrected chi connectivity index (χ1v) is 5.98. The number of nitrogens with zero attached hydrogens (tertiary/aromatic N) is 2. The highest BCUT2D eigenvalue weighted by molar-refractivity contribution is 5.82. The minimum absolute atomic E-state index is 0.278. The number of methoxy groups -OCH3 is 1. The second-order valence-electron chi connectivity index (χ2n) is 4.19. The molecule has 1 unspecified atom stereocenters. The number of nitrogens with two attached hydrogens (primary N) is 2. The Morgan fingerprint density at radius 3 is 2.58 bits per heavy atom. The highest BCUT2D eigenvalue weighted by Gasteiger charge is 2.21. The van der Waals surface area contributed by atoms with Crippen molar-refractivity contribution in [1.29, 1.82) is 0 Å². The summed E-state index contributed by atoms with van der Waals surface area (Å²) in [6, 6.07) is 9.46. The molecule has 1 atom stereocenters.